The van der Waals surface area contributed by atoms with Crippen molar-refractivity contribution in [2.75, 3.05) is 0 Å². The summed E-state index contributed by atoms with van der Waals surface area (Å²) in [6, 6.07) is 18.9. The lowest BCUT2D eigenvalue weighted by atomic mass is 9.89. The molecule has 0 saturated heterocycles. The summed E-state index contributed by atoms with van der Waals surface area (Å²) in [6.45, 7) is 4.23. The van der Waals surface area contributed by atoms with Gasteiger partial charge in [-0.1, -0.05) is 65.3 Å². The molecule has 1 aliphatic rings. The largest absolute Gasteiger partial charge is 0.388 e. The van der Waals surface area contributed by atoms with Crippen molar-refractivity contribution in [1.82, 2.24) is 0 Å². The summed E-state index contributed by atoms with van der Waals surface area (Å²) in [5, 5.41) is 4.31. The number of nitrogens with zero attached hydrogens (tertiary/aromatic N) is 1. The molecule has 0 radical (unpaired) electrons. The average molecular weight is 265 g/mol. The van der Waals surface area contributed by atoms with E-state index in [9.17, 15) is 0 Å². The van der Waals surface area contributed by atoms with Crippen molar-refractivity contribution in [2.45, 2.75) is 32.3 Å². The summed E-state index contributed by atoms with van der Waals surface area (Å²) in [5.74, 6) is 0. The van der Waals surface area contributed by atoms with Crippen molar-refractivity contribution in [3.05, 3.63) is 71.3 Å². The predicted molar refractivity (Wildman–Crippen MR) is 82.0 cm³/mol. The normalized spacial score (nSPS) is 21.4. The third-order valence-electron chi connectivity index (χ3n) is 3.69. The lowest BCUT2D eigenvalue weighted by molar-refractivity contribution is -0.00282. The molecule has 1 aliphatic heterocycles. The van der Waals surface area contributed by atoms with E-state index < -0.39 is 0 Å². The molecule has 1 heterocycles. The van der Waals surface area contributed by atoms with Crippen molar-refractivity contribution in [3.63, 3.8) is 0 Å². The van der Waals surface area contributed by atoms with Gasteiger partial charge in [0.1, 0.15) is 5.60 Å². The van der Waals surface area contributed by atoms with E-state index in [0.29, 0.717) is 0 Å². The highest BCUT2D eigenvalue weighted by Gasteiger charge is 2.34. The van der Waals surface area contributed by atoms with E-state index in [4.69, 9.17) is 4.84 Å². The fourth-order valence-corrected chi connectivity index (χ4v) is 2.69. The lowest BCUT2D eigenvalue weighted by Crippen LogP contribution is -2.27. The second kappa shape index (κ2) is 5.12. The van der Waals surface area contributed by atoms with Crippen LogP contribution in [0.15, 0.2) is 59.8 Å². The first kappa shape index (κ1) is 12.9. The Bertz CT molecular complexity index is 633. The van der Waals surface area contributed by atoms with Crippen LogP contribution in [0.4, 0.5) is 0 Å². The minimum atomic E-state index is -0.236. The Balaban J connectivity index is 1.75. The van der Waals surface area contributed by atoms with Gasteiger partial charge in [0, 0.05) is 12.8 Å². The number of hydrogen-bond acceptors (Lipinski definition) is 2. The fourth-order valence-electron chi connectivity index (χ4n) is 2.69. The summed E-state index contributed by atoms with van der Waals surface area (Å²) < 4.78 is 0. The van der Waals surface area contributed by atoms with Crippen LogP contribution in [0, 0.1) is 6.92 Å². The molecule has 102 valence electrons. The van der Waals surface area contributed by atoms with Crippen LogP contribution in [-0.2, 0) is 11.3 Å². The van der Waals surface area contributed by atoms with Gasteiger partial charge in [-0.2, -0.15) is 0 Å². The van der Waals surface area contributed by atoms with E-state index in [-0.39, 0.29) is 5.60 Å². The molecule has 1 unspecified atom stereocenters. The molecule has 0 aliphatic carbocycles. The van der Waals surface area contributed by atoms with E-state index >= 15 is 0 Å². The summed E-state index contributed by atoms with van der Waals surface area (Å²) >= 11 is 0. The number of rotatable bonds is 3. The van der Waals surface area contributed by atoms with Gasteiger partial charge in [0.05, 0.1) is 5.71 Å². The van der Waals surface area contributed by atoms with Crippen molar-refractivity contribution in [1.29, 1.82) is 0 Å². The third-order valence-corrected chi connectivity index (χ3v) is 3.69. The maximum Gasteiger partial charge on any atom is 0.144 e. The van der Waals surface area contributed by atoms with E-state index in [2.05, 4.69) is 67.5 Å². The van der Waals surface area contributed by atoms with Crippen LogP contribution in [0.2, 0.25) is 0 Å². The van der Waals surface area contributed by atoms with Gasteiger partial charge in [-0.25, -0.2) is 0 Å². The Morgan fingerprint density at radius 2 is 1.90 bits per heavy atom. The van der Waals surface area contributed by atoms with Crippen LogP contribution < -0.4 is 0 Å². The first-order valence-electron chi connectivity index (χ1n) is 7.01. The molecule has 0 aromatic heterocycles. The van der Waals surface area contributed by atoms with Crippen molar-refractivity contribution >= 4 is 5.71 Å². The first-order chi connectivity index (χ1) is 9.65. The molecule has 0 bridgehead atoms. The van der Waals surface area contributed by atoms with Gasteiger partial charge in [0.2, 0.25) is 0 Å². The second-order valence-electron chi connectivity index (χ2n) is 5.79. The summed E-state index contributed by atoms with van der Waals surface area (Å²) in [4.78, 5) is 5.74. The Labute approximate surface area is 120 Å². The minimum Gasteiger partial charge on any atom is -0.388 e. The van der Waals surface area contributed by atoms with Gasteiger partial charge in [0.25, 0.3) is 0 Å². The zero-order valence-corrected chi connectivity index (χ0v) is 12.0. The molecular formula is C18H19NO. The van der Waals surface area contributed by atoms with Crippen LogP contribution in [-0.4, -0.2) is 11.3 Å². The predicted octanol–water partition coefficient (Wildman–Crippen LogP) is 4.12. The van der Waals surface area contributed by atoms with Crippen LogP contribution in [0.1, 0.15) is 30.0 Å². The molecular weight excluding hydrogens is 246 g/mol. The number of hydrogen-bond donors (Lipinski definition) is 0. The molecule has 3 rings (SSSR count). The number of oxime groups is 1. The summed E-state index contributed by atoms with van der Waals surface area (Å²) in [5.41, 5.74) is 4.52. The average Bonchev–Trinajstić information content (AvgIpc) is 2.82. The monoisotopic (exact) mass is 265 g/mol. The Kier molecular flexibility index (Phi) is 3.31. The molecule has 2 aromatic rings. The highest BCUT2D eigenvalue weighted by atomic mass is 16.7. The van der Waals surface area contributed by atoms with Crippen LogP contribution in [0.5, 0.6) is 0 Å². The lowest BCUT2D eigenvalue weighted by Gasteiger charge is -2.21. The van der Waals surface area contributed by atoms with Crippen LogP contribution >= 0.6 is 0 Å². The highest BCUT2D eigenvalue weighted by molar-refractivity contribution is 6.01. The molecule has 2 aromatic carbocycles. The molecule has 0 N–H and O–H groups in total. The molecule has 2 heteroatoms. The fraction of sp³-hybridized carbons (Fsp3) is 0.278. The summed E-state index contributed by atoms with van der Waals surface area (Å²) in [6.07, 6.45) is 1.73. The van der Waals surface area contributed by atoms with Gasteiger partial charge in [-0.3, -0.25) is 0 Å². The highest BCUT2D eigenvalue weighted by Crippen LogP contribution is 2.30. The maximum atomic E-state index is 5.74. The molecule has 2 nitrogen and oxygen atoms in total. The first-order valence-corrected chi connectivity index (χ1v) is 7.01. The number of benzene rings is 2. The van der Waals surface area contributed by atoms with Crippen molar-refractivity contribution < 1.29 is 4.84 Å². The van der Waals surface area contributed by atoms with Gasteiger partial charge in [-0.15, -0.1) is 0 Å². The van der Waals surface area contributed by atoms with Gasteiger partial charge in [0.15, 0.2) is 0 Å². The third kappa shape index (κ3) is 2.74. The maximum absolute atomic E-state index is 5.74. The summed E-state index contributed by atoms with van der Waals surface area (Å²) in [7, 11) is 0. The molecule has 0 saturated carbocycles. The smallest absolute Gasteiger partial charge is 0.144 e. The standard InChI is InChI=1S/C18H19NO/c1-14-7-6-10-16(11-14)17-13-18(2,20-19-17)12-15-8-4-3-5-9-15/h3-11H,12-13H2,1-2H3. The van der Waals surface area contributed by atoms with Crippen LogP contribution in [0.3, 0.4) is 0 Å². The zero-order chi connectivity index (χ0) is 14.0. The van der Waals surface area contributed by atoms with E-state index in [1.807, 2.05) is 6.07 Å². The van der Waals surface area contributed by atoms with Gasteiger partial charge in [-0.05, 0) is 25.0 Å². The SMILES string of the molecule is Cc1cccc(C2=NOC(C)(Cc3ccccc3)C2)c1. The van der Waals surface area contributed by atoms with Crippen LogP contribution in [0.25, 0.3) is 0 Å². The Morgan fingerprint density at radius 1 is 1.10 bits per heavy atom. The molecule has 20 heavy (non-hydrogen) atoms. The number of aryl methyl sites for hydroxylation is 1. The topological polar surface area (TPSA) is 21.6 Å². The Hall–Kier alpha value is -2.09. The quantitative estimate of drug-likeness (QED) is 0.818. The molecule has 0 spiro atoms. The van der Waals surface area contributed by atoms with Gasteiger partial charge >= 0.3 is 0 Å². The zero-order valence-electron chi connectivity index (χ0n) is 12.0. The minimum absolute atomic E-state index is 0.236. The van der Waals surface area contributed by atoms with E-state index in [1.54, 1.807) is 0 Å². The van der Waals surface area contributed by atoms with Crippen molar-refractivity contribution in [2.24, 2.45) is 5.16 Å². The molecule has 0 amide bonds. The van der Waals surface area contributed by atoms with E-state index in [1.165, 1.54) is 16.7 Å². The molecule has 1 atom stereocenters. The Morgan fingerprint density at radius 3 is 2.65 bits per heavy atom. The van der Waals surface area contributed by atoms with E-state index in [0.717, 1.165) is 18.6 Å². The van der Waals surface area contributed by atoms with Crippen molar-refractivity contribution in [3.8, 4) is 0 Å². The van der Waals surface area contributed by atoms with Gasteiger partial charge < -0.3 is 4.84 Å². The molecule has 0 fully saturated rings. The second-order valence-corrected chi connectivity index (χ2v) is 5.79.